The maximum absolute atomic E-state index is 12.9. The summed E-state index contributed by atoms with van der Waals surface area (Å²) in [4.78, 5) is 42.1. The fraction of sp³-hybridized carbons (Fsp3) is 0.174. The van der Waals surface area contributed by atoms with Gasteiger partial charge < -0.3 is 15.4 Å². The molecule has 0 aliphatic carbocycles. The largest absolute Gasteiger partial charge is 0.462 e. The lowest BCUT2D eigenvalue weighted by molar-refractivity contribution is -0.137. The Bertz CT molecular complexity index is 1340. The molecule has 2 aromatic carbocycles. The molecule has 0 spiro atoms. The van der Waals surface area contributed by atoms with Crippen LogP contribution in [0.15, 0.2) is 69.6 Å². The number of aromatic nitrogens is 2. The van der Waals surface area contributed by atoms with Crippen molar-refractivity contribution in [2.45, 2.75) is 20.3 Å². The van der Waals surface area contributed by atoms with E-state index >= 15 is 0 Å². The van der Waals surface area contributed by atoms with Crippen LogP contribution in [0.2, 0.25) is 0 Å². The van der Waals surface area contributed by atoms with Gasteiger partial charge in [-0.3, -0.25) is 9.59 Å². The molecule has 0 bridgehead atoms. The minimum Gasteiger partial charge on any atom is -0.462 e. The van der Waals surface area contributed by atoms with Gasteiger partial charge in [-0.15, -0.1) is 0 Å². The van der Waals surface area contributed by atoms with Gasteiger partial charge in [-0.25, -0.2) is 14.9 Å². The van der Waals surface area contributed by atoms with Crippen molar-refractivity contribution >= 4 is 39.9 Å². The second-order valence-corrected chi connectivity index (χ2v) is 7.09. The molecular formula is C23H21N5O4. The second kappa shape index (κ2) is 8.84. The van der Waals surface area contributed by atoms with Crippen molar-refractivity contribution in [1.82, 2.24) is 15.5 Å². The van der Waals surface area contributed by atoms with Crippen LogP contribution >= 0.6 is 0 Å². The van der Waals surface area contributed by atoms with Gasteiger partial charge in [0.05, 0.1) is 35.5 Å². The zero-order chi connectivity index (χ0) is 22.7. The number of para-hydroxylation sites is 2. The molecule has 0 saturated carbocycles. The number of amidine groups is 1. The number of H-pyrrole nitrogens is 1. The number of allylic oxidation sites excluding steroid dienone is 1. The van der Waals surface area contributed by atoms with E-state index in [1.54, 1.807) is 44.2 Å². The lowest BCUT2D eigenvalue weighted by Gasteiger charge is -2.13. The van der Waals surface area contributed by atoms with Crippen LogP contribution < -0.4 is 16.2 Å². The van der Waals surface area contributed by atoms with E-state index in [1.807, 2.05) is 18.2 Å². The molecule has 0 radical (unpaired) electrons. The average Bonchev–Trinajstić information content (AvgIpc) is 2.91. The van der Waals surface area contributed by atoms with E-state index in [-0.39, 0.29) is 30.0 Å². The summed E-state index contributed by atoms with van der Waals surface area (Å²) >= 11 is 0. The Morgan fingerprint density at radius 1 is 1.06 bits per heavy atom. The molecule has 0 saturated heterocycles. The SMILES string of the molecule is CCOC(=O)C1=C(C)Nc2ccccc2N=C1NC(=O)Cc1n[nH]c(=O)c2ccccc12. The van der Waals surface area contributed by atoms with Crippen LogP contribution in [-0.4, -0.2) is 34.5 Å². The molecule has 1 amide bonds. The number of hydrogen-bond acceptors (Lipinski definition) is 7. The number of nitrogens with zero attached hydrogens (tertiary/aromatic N) is 2. The molecule has 9 nitrogen and oxygen atoms in total. The molecule has 3 aromatic rings. The van der Waals surface area contributed by atoms with Crippen LogP contribution in [0.1, 0.15) is 19.5 Å². The van der Waals surface area contributed by atoms with E-state index in [1.165, 1.54) is 0 Å². The molecule has 4 rings (SSSR count). The van der Waals surface area contributed by atoms with Gasteiger partial charge in [0.25, 0.3) is 5.56 Å². The van der Waals surface area contributed by atoms with Gasteiger partial charge in [0.1, 0.15) is 11.4 Å². The lowest BCUT2D eigenvalue weighted by atomic mass is 10.1. The van der Waals surface area contributed by atoms with Gasteiger partial charge in [0, 0.05) is 11.1 Å². The zero-order valence-corrected chi connectivity index (χ0v) is 17.6. The fourth-order valence-electron chi connectivity index (χ4n) is 3.47. The van der Waals surface area contributed by atoms with Crippen LogP contribution in [-0.2, 0) is 20.7 Å². The summed E-state index contributed by atoms with van der Waals surface area (Å²) in [5.41, 5.74) is 1.97. The summed E-state index contributed by atoms with van der Waals surface area (Å²) in [6.07, 6.45) is -0.124. The van der Waals surface area contributed by atoms with Crippen molar-refractivity contribution in [3.8, 4) is 0 Å². The second-order valence-electron chi connectivity index (χ2n) is 7.09. The smallest absolute Gasteiger partial charge is 0.343 e. The maximum atomic E-state index is 12.9. The third kappa shape index (κ3) is 4.13. The molecular weight excluding hydrogens is 410 g/mol. The lowest BCUT2D eigenvalue weighted by Crippen LogP contribution is -2.36. The number of rotatable bonds is 4. The molecule has 32 heavy (non-hydrogen) atoms. The van der Waals surface area contributed by atoms with Gasteiger partial charge in [-0.2, -0.15) is 5.10 Å². The number of hydrogen-bond donors (Lipinski definition) is 3. The molecule has 0 atom stereocenters. The third-order valence-corrected chi connectivity index (χ3v) is 4.91. The molecule has 162 valence electrons. The van der Waals surface area contributed by atoms with Crippen LogP contribution in [0.3, 0.4) is 0 Å². The molecule has 2 heterocycles. The minimum atomic E-state index is -0.600. The third-order valence-electron chi connectivity index (χ3n) is 4.91. The van der Waals surface area contributed by atoms with Gasteiger partial charge in [0.2, 0.25) is 5.91 Å². The Morgan fingerprint density at radius 3 is 2.56 bits per heavy atom. The molecule has 1 aromatic heterocycles. The molecule has 3 N–H and O–H groups in total. The van der Waals surface area contributed by atoms with Crippen molar-refractivity contribution in [3.05, 3.63) is 75.8 Å². The number of aliphatic imine (C=N–C) groups is 1. The van der Waals surface area contributed by atoms with Crippen molar-refractivity contribution in [2.24, 2.45) is 4.99 Å². The summed E-state index contributed by atoms with van der Waals surface area (Å²) in [6, 6.07) is 14.2. The highest BCUT2D eigenvalue weighted by Gasteiger charge is 2.26. The summed E-state index contributed by atoms with van der Waals surface area (Å²) in [6.45, 7) is 3.60. The van der Waals surface area contributed by atoms with Crippen LogP contribution in [0.25, 0.3) is 10.8 Å². The Balaban J connectivity index is 1.69. The highest BCUT2D eigenvalue weighted by Crippen LogP contribution is 2.30. The Labute approximate surface area is 183 Å². The number of nitrogens with one attached hydrogen (secondary N) is 3. The summed E-state index contributed by atoms with van der Waals surface area (Å²) in [5.74, 6) is -0.962. The Kier molecular flexibility index (Phi) is 5.80. The number of esters is 1. The molecule has 1 aliphatic heterocycles. The first kappa shape index (κ1) is 21.0. The first-order chi connectivity index (χ1) is 15.5. The van der Waals surface area contributed by atoms with Crippen molar-refractivity contribution in [1.29, 1.82) is 0 Å². The van der Waals surface area contributed by atoms with Crippen molar-refractivity contribution in [3.63, 3.8) is 0 Å². The van der Waals surface area contributed by atoms with Gasteiger partial charge >= 0.3 is 5.97 Å². The molecule has 0 unspecified atom stereocenters. The monoisotopic (exact) mass is 431 g/mol. The number of carbonyl (C=O) groups excluding carboxylic acids is 2. The number of amides is 1. The highest BCUT2D eigenvalue weighted by molar-refractivity contribution is 6.24. The quantitative estimate of drug-likeness (QED) is 0.545. The van der Waals surface area contributed by atoms with Crippen LogP contribution in [0, 0.1) is 0 Å². The minimum absolute atomic E-state index is 0.0807. The normalized spacial score (nSPS) is 13.0. The van der Waals surface area contributed by atoms with E-state index in [2.05, 4.69) is 25.8 Å². The summed E-state index contributed by atoms with van der Waals surface area (Å²) in [5, 5.41) is 13.4. The first-order valence-corrected chi connectivity index (χ1v) is 10.1. The topological polar surface area (TPSA) is 126 Å². The summed E-state index contributed by atoms with van der Waals surface area (Å²) < 4.78 is 5.19. The number of ether oxygens (including phenoxy) is 1. The summed E-state index contributed by atoms with van der Waals surface area (Å²) in [7, 11) is 0. The van der Waals surface area contributed by atoms with Gasteiger partial charge in [-0.05, 0) is 32.0 Å². The Hall–Kier alpha value is -4.27. The average molecular weight is 431 g/mol. The maximum Gasteiger partial charge on any atom is 0.343 e. The van der Waals surface area contributed by atoms with E-state index in [9.17, 15) is 14.4 Å². The van der Waals surface area contributed by atoms with E-state index in [4.69, 9.17) is 4.74 Å². The number of aromatic amines is 1. The van der Waals surface area contributed by atoms with Gasteiger partial charge in [0.15, 0.2) is 0 Å². The standard InChI is InChI=1S/C23H21N5O4/c1-3-32-23(31)20-13(2)24-16-10-6-7-11-17(16)25-21(20)26-19(29)12-18-14-8-4-5-9-15(14)22(30)28-27-18/h4-11,24H,3,12H2,1-2H3,(H,28,30)(H,25,26,29). The highest BCUT2D eigenvalue weighted by atomic mass is 16.5. The molecule has 9 heteroatoms. The molecule has 1 aliphatic rings. The predicted molar refractivity (Wildman–Crippen MR) is 121 cm³/mol. The van der Waals surface area contributed by atoms with Gasteiger partial charge in [-0.1, -0.05) is 30.3 Å². The van der Waals surface area contributed by atoms with E-state index < -0.39 is 11.9 Å². The number of carbonyl (C=O) groups is 2. The van der Waals surface area contributed by atoms with E-state index in [0.29, 0.717) is 33.5 Å². The van der Waals surface area contributed by atoms with Crippen molar-refractivity contribution in [2.75, 3.05) is 11.9 Å². The van der Waals surface area contributed by atoms with Crippen LogP contribution in [0.4, 0.5) is 11.4 Å². The number of fused-ring (bicyclic) bond motifs is 2. The predicted octanol–water partition coefficient (Wildman–Crippen LogP) is 2.57. The van der Waals surface area contributed by atoms with Crippen LogP contribution in [0.5, 0.6) is 0 Å². The Morgan fingerprint density at radius 2 is 1.78 bits per heavy atom. The molecule has 0 fully saturated rings. The van der Waals surface area contributed by atoms with E-state index in [0.717, 1.165) is 0 Å². The number of anilines is 1. The van der Waals surface area contributed by atoms with Crippen molar-refractivity contribution < 1.29 is 14.3 Å². The fourth-order valence-corrected chi connectivity index (χ4v) is 3.47. The first-order valence-electron chi connectivity index (χ1n) is 10.1. The zero-order valence-electron chi connectivity index (χ0n) is 17.6. The number of benzene rings is 2.